The Balaban J connectivity index is 1.92. The van der Waals surface area contributed by atoms with E-state index in [2.05, 4.69) is 10.00 Å². The Bertz CT molecular complexity index is 604. The summed E-state index contributed by atoms with van der Waals surface area (Å²) in [7, 11) is 0. The SMILES string of the molecule is O=c1c2ccccc2cnn1CN1CCSCC1. The minimum Gasteiger partial charge on any atom is -0.283 e. The van der Waals surface area contributed by atoms with Crippen molar-refractivity contribution < 1.29 is 0 Å². The summed E-state index contributed by atoms with van der Waals surface area (Å²) in [5.74, 6) is 2.28. The maximum atomic E-state index is 12.3. The Kier molecular flexibility index (Phi) is 3.34. The van der Waals surface area contributed by atoms with Crippen LogP contribution in [0.25, 0.3) is 10.8 Å². The first-order chi connectivity index (χ1) is 8.84. The molecule has 0 spiro atoms. The number of nitrogens with zero attached hydrogens (tertiary/aromatic N) is 3. The quantitative estimate of drug-likeness (QED) is 0.819. The zero-order chi connectivity index (χ0) is 12.4. The maximum absolute atomic E-state index is 12.3. The van der Waals surface area contributed by atoms with Gasteiger partial charge in [-0.05, 0) is 6.07 Å². The van der Waals surface area contributed by atoms with Crippen LogP contribution in [0.15, 0.2) is 35.3 Å². The summed E-state index contributed by atoms with van der Waals surface area (Å²) in [6.07, 6.45) is 1.77. The summed E-state index contributed by atoms with van der Waals surface area (Å²) >= 11 is 1.97. The largest absolute Gasteiger partial charge is 0.283 e. The Labute approximate surface area is 110 Å². The van der Waals surface area contributed by atoms with Crippen LogP contribution in [0.3, 0.4) is 0 Å². The van der Waals surface area contributed by atoms with Gasteiger partial charge in [-0.25, -0.2) is 4.68 Å². The summed E-state index contributed by atoms with van der Waals surface area (Å²) in [6, 6.07) is 7.61. The van der Waals surface area contributed by atoms with Crippen molar-refractivity contribution in [1.82, 2.24) is 14.7 Å². The molecule has 0 bridgehead atoms. The molecule has 2 heterocycles. The van der Waals surface area contributed by atoms with Crippen molar-refractivity contribution >= 4 is 22.5 Å². The van der Waals surface area contributed by atoms with E-state index in [4.69, 9.17) is 0 Å². The van der Waals surface area contributed by atoms with Gasteiger partial charge >= 0.3 is 0 Å². The Morgan fingerprint density at radius 1 is 1.22 bits per heavy atom. The number of aromatic nitrogens is 2. The van der Waals surface area contributed by atoms with Gasteiger partial charge in [0.2, 0.25) is 0 Å². The Hall–Kier alpha value is -1.33. The summed E-state index contributed by atoms with van der Waals surface area (Å²) in [4.78, 5) is 14.5. The zero-order valence-electron chi connectivity index (χ0n) is 10.1. The molecule has 0 radical (unpaired) electrons. The predicted octanol–water partition coefficient (Wildman–Crippen LogP) is 1.40. The lowest BCUT2D eigenvalue weighted by molar-refractivity contribution is 0.223. The van der Waals surface area contributed by atoms with Crippen molar-refractivity contribution in [2.75, 3.05) is 24.6 Å². The standard InChI is InChI=1S/C13H15N3OS/c17-13-12-4-2-1-3-11(12)9-14-16(13)10-15-5-7-18-8-6-15/h1-4,9H,5-8,10H2. The molecular formula is C13H15N3OS. The highest BCUT2D eigenvalue weighted by atomic mass is 32.2. The molecule has 0 unspecified atom stereocenters. The summed E-state index contributed by atoms with van der Waals surface area (Å²) in [5, 5.41) is 5.92. The van der Waals surface area contributed by atoms with Gasteiger partial charge in [0.15, 0.2) is 0 Å². The van der Waals surface area contributed by atoms with Crippen LogP contribution in [0.1, 0.15) is 0 Å². The van der Waals surface area contributed by atoms with E-state index in [-0.39, 0.29) is 5.56 Å². The molecule has 1 aliphatic heterocycles. The van der Waals surface area contributed by atoms with E-state index < -0.39 is 0 Å². The van der Waals surface area contributed by atoms with Crippen molar-refractivity contribution in [1.29, 1.82) is 0 Å². The average molecular weight is 261 g/mol. The summed E-state index contributed by atoms with van der Waals surface area (Å²) < 4.78 is 1.57. The van der Waals surface area contributed by atoms with E-state index in [1.807, 2.05) is 36.0 Å². The highest BCUT2D eigenvalue weighted by molar-refractivity contribution is 7.99. The second kappa shape index (κ2) is 5.12. The van der Waals surface area contributed by atoms with Crippen molar-refractivity contribution in [3.05, 3.63) is 40.8 Å². The van der Waals surface area contributed by atoms with Crippen LogP contribution in [0, 0.1) is 0 Å². The molecule has 0 N–H and O–H groups in total. The van der Waals surface area contributed by atoms with E-state index in [1.54, 1.807) is 10.9 Å². The third kappa shape index (κ3) is 2.28. The molecule has 0 atom stereocenters. The average Bonchev–Trinajstić information content (AvgIpc) is 2.43. The van der Waals surface area contributed by atoms with E-state index in [9.17, 15) is 4.79 Å². The Morgan fingerprint density at radius 2 is 2.00 bits per heavy atom. The molecule has 1 fully saturated rings. The van der Waals surface area contributed by atoms with Gasteiger partial charge in [0.25, 0.3) is 5.56 Å². The lowest BCUT2D eigenvalue weighted by Crippen LogP contribution is -2.38. The number of rotatable bonds is 2. The molecule has 4 nitrogen and oxygen atoms in total. The van der Waals surface area contributed by atoms with Crippen LogP contribution in [0.2, 0.25) is 0 Å². The topological polar surface area (TPSA) is 38.1 Å². The predicted molar refractivity (Wildman–Crippen MR) is 74.9 cm³/mol. The minimum atomic E-state index is 0.00586. The number of fused-ring (bicyclic) bond motifs is 1. The molecule has 5 heteroatoms. The monoisotopic (exact) mass is 261 g/mol. The van der Waals surface area contributed by atoms with Gasteiger partial charge in [-0.1, -0.05) is 18.2 Å². The first-order valence-corrected chi connectivity index (χ1v) is 7.25. The van der Waals surface area contributed by atoms with E-state index in [0.29, 0.717) is 6.67 Å². The van der Waals surface area contributed by atoms with Crippen LogP contribution in [-0.2, 0) is 6.67 Å². The first-order valence-electron chi connectivity index (χ1n) is 6.09. The van der Waals surface area contributed by atoms with Gasteiger partial charge in [-0.3, -0.25) is 9.69 Å². The van der Waals surface area contributed by atoms with Crippen molar-refractivity contribution in [3.8, 4) is 0 Å². The molecule has 0 amide bonds. The van der Waals surface area contributed by atoms with Crippen LogP contribution < -0.4 is 5.56 Å². The van der Waals surface area contributed by atoms with Crippen molar-refractivity contribution in [3.63, 3.8) is 0 Å². The van der Waals surface area contributed by atoms with Crippen molar-refractivity contribution in [2.45, 2.75) is 6.67 Å². The Morgan fingerprint density at radius 3 is 2.83 bits per heavy atom. The van der Waals surface area contributed by atoms with E-state index in [0.717, 1.165) is 35.4 Å². The molecule has 1 aromatic carbocycles. The summed E-state index contributed by atoms with van der Waals surface area (Å²) in [5.41, 5.74) is 0.00586. The van der Waals surface area contributed by atoms with E-state index in [1.165, 1.54) is 0 Å². The fraction of sp³-hybridized carbons (Fsp3) is 0.385. The number of hydrogen-bond acceptors (Lipinski definition) is 4. The van der Waals surface area contributed by atoms with Gasteiger partial charge in [0.1, 0.15) is 0 Å². The molecule has 2 aromatic rings. The highest BCUT2D eigenvalue weighted by Gasteiger charge is 2.12. The lowest BCUT2D eigenvalue weighted by Gasteiger charge is -2.26. The lowest BCUT2D eigenvalue weighted by atomic mass is 10.2. The molecule has 0 aliphatic carbocycles. The smallest absolute Gasteiger partial charge is 0.275 e. The molecular weight excluding hydrogens is 246 g/mol. The number of thioether (sulfide) groups is 1. The molecule has 94 valence electrons. The minimum absolute atomic E-state index is 0.00586. The van der Waals surface area contributed by atoms with Gasteiger partial charge in [-0.2, -0.15) is 16.9 Å². The van der Waals surface area contributed by atoms with Gasteiger partial charge in [0.05, 0.1) is 18.3 Å². The fourth-order valence-corrected chi connectivity index (χ4v) is 3.14. The maximum Gasteiger partial charge on any atom is 0.275 e. The van der Waals surface area contributed by atoms with Crippen molar-refractivity contribution in [2.24, 2.45) is 0 Å². The molecule has 0 saturated carbocycles. The highest BCUT2D eigenvalue weighted by Crippen LogP contribution is 2.10. The second-order valence-corrected chi connectivity index (χ2v) is 5.63. The van der Waals surface area contributed by atoms with Crippen LogP contribution >= 0.6 is 11.8 Å². The molecule has 1 saturated heterocycles. The van der Waals surface area contributed by atoms with Crippen LogP contribution in [0.4, 0.5) is 0 Å². The van der Waals surface area contributed by atoms with Crippen LogP contribution in [-0.4, -0.2) is 39.3 Å². The fourth-order valence-electron chi connectivity index (χ4n) is 2.16. The number of hydrogen-bond donors (Lipinski definition) is 0. The molecule has 1 aliphatic rings. The van der Waals surface area contributed by atoms with Crippen LogP contribution in [0.5, 0.6) is 0 Å². The van der Waals surface area contributed by atoms with Gasteiger partial charge in [-0.15, -0.1) is 0 Å². The summed E-state index contributed by atoms with van der Waals surface area (Å²) in [6.45, 7) is 2.67. The van der Waals surface area contributed by atoms with Gasteiger partial charge in [0, 0.05) is 30.0 Å². The van der Waals surface area contributed by atoms with Gasteiger partial charge < -0.3 is 0 Å². The number of benzene rings is 1. The second-order valence-electron chi connectivity index (χ2n) is 4.41. The molecule has 3 rings (SSSR count). The zero-order valence-corrected chi connectivity index (χ0v) is 10.9. The van der Waals surface area contributed by atoms with E-state index >= 15 is 0 Å². The molecule has 1 aromatic heterocycles. The normalized spacial score (nSPS) is 17.1. The first kappa shape index (κ1) is 11.7. The third-order valence-corrected chi connectivity index (χ3v) is 4.14. The molecule has 18 heavy (non-hydrogen) atoms. The third-order valence-electron chi connectivity index (χ3n) is 3.20.